The van der Waals surface area contributed by atoms with Crippen molar-refractivity contribution in [3.63, 3.8) is 0 Å². The number of rotatable bonds is 2. The van der Waals surface area contributed by atoms with Crippen molar-refractivity contribution in [1.82, 2.24) is 10.2 Å². The highest BCUT2D eigenvalue weighted by atomic mass is 35.5. The van der Waals surface area contributed by atoms with Crippen LogP contribution in [-0.4, -0.2) is 30.6 Å². The molecule has 2 atom stereocenters. The first-order valence-corrected chi connectivity index (χ1v) is 7.00. The van der Waals surface area contributed by atoms with Gasteiger partial charge >= 0.3 is 0 Å². The SMILES string of the molecule is Fc1cccc(Cl)c1CN1CCC2NCCC2C1. The third-order valence-corrected chi connectivity index (χ3v) is 4.54. The molecule has 0 amide bonds. The van der Waals surface area contributed by atoms with Gasteiger partial charge in [0, 0.05) is 29.7 Å². The molecule has 0 aromatic heterocycles. The van der Waals surface area contributed by atoms with E-state index in [4.69, 9.17) is 11.6 Å². The number of benzene rings is 1. The minimum atomic E-state index is -0.186. The van der Waals surface area contributed by atoms with Crippen molar-refractivity contribution in [3.8, 4) is 0 Å². The topological polar surface area (TPSA) is 15.3 Å². The van der Waals surface area contributed by atoms with Crippen molar-refractivity contribution in [2.45, 2.75) is 25.4 Å². The molecule has 1 aromatic rings. The van der Waals surface area contributed by atoms with Gasteiger partial charge in [0.2, 0.25) is 0 Å². The number of halogens is 2. The average molecular weight is 269 g/mol. The molecule has 2 aliphatic heterocycles. The van der Waals surface area contributed by atoms with E-state index in [0.717, 1.165) is 32.0 Å². The predicted molar refractivity (Wildman–Crippen MR) is 71.2 cm³/mol. The summed E-state index contributed by atoms with van der Waals surface area (Å²) >= 11 is 6.08. The molecule has 2 unspecified atom stereocenters. The second-order valence-electron chi connectivity index (χ2n) is 5.33. The summed E-state index contributed by atoms with van der Waals surface area (Å²) in [5.74, 6) is 0.540. The van der Waals surface area contributed by atoms with Crippen molar-refractivity contribution in [2.75, 3.05) is 19.6 Å². The van der Waals surface area contributed by atoms with E-state index >= 15 is 0 Å². The molecule has 2 aliphatic rings. The molecule has 0 spiro atoms. The van der Waals surface area contributed by atoms with E-state index < -0.39 is 0 Å². The second-order valence-corrected chi connectivity index (χ2v) is 5.74. The first kappa shape index (κ1) is 12.4. The molecule has 1 aromatic carbocycles. The predicted octanol–water partition coefficient (Wildman–Crippen LogP) is 2.66. The Morgan fingerprint density at radius 2 is 2.28 bits per heavy atom. The molecule has 4 heteroatoms. The summed E-state index contributed by atoms with van der Waals surface area (Å²) in [5.41, 5.74) is 0.642. The Labute approximate surface area is 112 Å². The molecule has 2 nitrogen and oxygen atoms in total. The van der Waals surface area contributed by atoms with Crippen LogP contribution in [0, 0.1) is 11.7 Å². The fourth-order valence-electron chi connectivity index (χ4n) is 3.17. The maximum atomic E-state index is 13.8. The molecule has 18 heavy (non-hydrogen) atoms. The van der Waals surface area contributed by atoms with Crippen LogP contribution < -0.4 is 5.32 Å². The number of hydrogen-bond donors (Lipinski definition) is 1. The maximum absolute atomic E-state index is 13.8. The Bertz CT molecular complexity index is 418. The number of nitrogens with zero attached hydrogens (tertiary/aromatic N) is 1. The number of fused-ring (bicyclic) bond motifs is 1. The molecule has 2 heterocycles. The highest BCUT2D eigenvalue weighted by molar-refractivity contribution is 6.31. The highest BCUT2D eigenvalue weighted by Gasteiger charge is 2.32. The molecule has 0 saturated carbocycles. The van der Waals surface area contributed by atoms with Crippen molar-refractivity contribution in [1.29, 1.82) is 0 Å². The Morgan fingerprint density at radius 1 is 1.39 bits per heavy atom. The average Bonchev–Trinajstić information content (AvgIpc) is 2.81. The van der Waals surface area contributed by atoms with E-state index in [-0.39, 0.29) is 5.82 Å². The fourth-order valence-corrected chi connectivity index (χ4v) is 3.40. The van der Waals surface area contributed by atoms with Gasteiger partial charge in [-0.15, -0.1) is 0 Å². The van der Waals surface area contributed by atoms with E-state index in [0.29, 0.717) is 23.2 Å². The van der Waals surface area contributed by atoms with Crippen LogP contribution in [0.4, 0.5) is 4.39 Å². The lowest BCUT2D eigenvalue weighted by Gasteiger charge is -2.35. The lowest BCUT2D eigenvalue weighted by atomic mass is 9.93. The van der Waals surface area contributed by atoms with Crippen LogP contribution >= 0.6 is 11.6 Å². The first-order chi connectivity index (χ1) is 8.74. The molecule has 1 N–H and O–H groups in total. The van der Waals surface area contributed by atoms with Gasteiger partial charge in [0.15, 0.2) is 0 Å². The van der Waals surface area contributed by atoms with E-state index in [1.807, 2.05) is 0 Å². The van der Waals surface area contributed by atoms with Crippen LogP contribution in [0.5, 0.6) is 0 Å². The van der Waals surface area contributed by atoms with Gasteiger partial charge in [-0.1, -0.05) is 17.7 Å². The normalized spacial score (nSPS) is 28.3. The van der Waals surface area contributed by atoms with Gasteiger partial charge in [0.05, 0.1) is 0 Å². The smallest absolute Gasteiger partial charge is 0.129 e. The standard InChI is InChI=1S/C14H18ClFN2/c15-12-2-1-3-13(16)11(12)9-18-7-5-14-10(8-18)4-6-17-14/h1-3,10,14,17H,4-9H2. The largest absolute Gasteiger partial charge is 0.314 e. The Hall–Kier alpha value is -0.640. The molecule has 0 radical (unpaired) electrons. The van der Waals surface area contributed by atoms with Crippen LogP contribution in [0.25, 0.3) is 0 Å². The third kappa shape index (κ3) is 2.40. The van der Waals surface area contributed by atoms with Crippen LogP contribution in [0.1, 0.15) is 18.4 Å². The number of hydrogen-bond acceptors (Lipinski definition) is 2. The van der Waals surface area contributed by atoms with E-state index in [1.54, 1.807) is 12.1 Å². The van der Waals surface area contributed by atoms with E-state index in [9.17, 15) is 4.39 Å². The van der Waals surface area contributed by atoms with Gasteiger partial charge < -0.3 is 5.32 Å². The first-order valence-electron chi connectivity index (χ1n) is 6.62. The van der Waals surface area contributed by atoms with Crippen LogP contribution in [0.15, 0.2) is 18.2 Å². The molecule has 2 fully saturated rings. The third-order valence-electron chi connectivity index (χ3n) is 4.18. The maximum Gasteiger partial charge on any atom is 0.129 e. The molecular formula is C14H18ClFN2. The lowest BCUT2D eigenvalue weighted by Crippen LogP contribution is -2.44. The Kier molecular flexibility index (Phi) is 3.55. The summed E-state index contributed by atoms with van der Waals surface area (Å²) in [4.78, 5) is 2.33. The molecule has 3 rings (SSSR count). The quantitative estimate of drug-likeness (QED) is 0.887. The Morgan fingerprint density at radius 3 is 3.11 bits per heavy atom. The van der Waals surface area contributed by atoms with Crippen LogP contribution in [-0.2, 0) is 6.54 Å². The second kappa shape index (κ2) is 5.16. The highest BCUT2D eigenvalue weighted by Crippen LogP contribution is 2.27. The van der Waals surface area contributed by atoms with Crippen molar-refractivity contribution in [2.24, 2.45) is 5.92 Å². The van der Waals surface area contributed by atoms with Gasteiger partial charge in [-0.05, 0) is 44.0 Å². The van der Waals surface area contributed by atoms with Gasteiger partial charge in [0.1, 0.15) is 5.82 Å². The van der Waals surface area contributed by atoms with Crippen molar-refractivity contribution < 1.29 is 4.39 Å². The number of nitrogens with one attached hydrogen (secondary N) is 1. The van der Waals surface area contributed by atoms with Gasteiger partial charge in [-0.2, -0.15) is 0 Å². The van der Waals surface area contributed by atoms with Crippen LogP contribution in [0.2, 0.25) is 5.02 Å². The minimum absolute atomic E-state index is 0.186. The van der Waals surface area contributed by atoms with Gasteiger partial charge in [0.25, 0.3) is 0 Å². The summed E-state index contributed by atoms with van der Waals surface area (Å²) < 4.78 is 13.8. The monoisotopic (exact) mass is 268 g/mol. The van der Waals surface area contributed by atoms with E-state index in [2.05, 4.69) is 10.2 Å². The molecule has 0 aliphatic carbocycles. The summed E-state index contributed by atoms with van der Waals surface area (Å²) in [6.45, 7) is 3.85. The summed E-state index contributed by atoms with van der Waals surface area (Å²) in [6, 6.07) is 5.60. The van der Waals surface area contributed by atoms with Gasteiger partial charge in [-0.25, -0.2) is 4.39 Å². The molecular weight excluding hydrogens is 251 g/mol. The zero-order valence-electron chi connectivity index (χ0n) is 10.3. The summed E-state index contributed by atoms with van der Waals surface area (Å²) in [5, 5.41) is 4.08. The zero-order valence-corrected chi connectivity index (χ0v) is 11.1. The minimum Gasteiger partial charge on any atom is -0.314 e. The Balaban J connectivity index is 1.69. The van der Waals surface area contributed by atoms with E-state index in [1.165, 1.54) is 12.5 Å². The molecule has 98 valence electrons. The van der Waals surface area contributed by atoms with Gasteiger partial charge in [-0.3, -0.25) is 4.90 Å². The summed E-state index contributed by atoms with van der Waals surface area (Å²) in [6.07, 6.45) is 2.41. The van der Waals surface area contributed by atoms with Crippen molar-refractivity contribution in [3.05, 3.63) is 34.6 Å². The fraction of sp³-hybridized carbons (Fsp3) is 0.571. The molecule has 2 saturated heterocycles. The van der Waals surface area contributed by atoms with Crippen molar-refractivity contribution >= 4 is 11.6 Å². The number of piperidine rings is 1. The zero-order chi connectivity index (χ0) is 12.5. The van der Waals surface area contributed by atoms with Crippen LogP contribution in [0.3, 0.4) is 0 Å². The lowest BCUT2D eigenvalue weighted by molar-refractivity contribution is 0.154. The molecule has 0 bridgehead atoms. The summed E-state index contributed by atoms with van der Waals surface area (Å²) in [7, 11) is 0. The number of likely N-dealkylation sites (tertiary alicyclic amines) is 1.